The van der Waals surface area contributed by atoms with Crippen LogP contribution in [0.3, 0.4) is 0 Å². The van der Waals surface area contributed by atoms with E-state index in [9.17, 15) is 4.79 Å². The average Bonchev–Trinajstić information content (AvgIpc) is 3.13. The number of piperidine rings is 1. The molecule has 1 aliphatic heterocycles. The summed E-state index contributed by atoms with van der Waals surface area (Å²) in [5, 5.41) is 3.44. The number of nitrogens with zero attached hydrogens (tertiary/aromatic N) is 1. The van der Waals surface area contributed by atoms with Crippen molar-refractivity contribution >= 4 is 5.97 Å². The van der Waals surface area contributed by atoms with Crippen LogP contribution < -0.4 is 5.32 Å². The number of carbonyl (C=O) groups is 1. The first kappa shape index (κ1) is 15.3. The van der Waals surface area contributed by atoms with E-state index >= 15 is 0 Å². The van der Waals surface area contributed by atoms with Crippen LogP contribution in [0.15, 0.2) is 0 Å². The SMILES string of the molecule is CCNC1(C(=O)OC)CCC(N2CCCC3CCCC32)C1. The van der Waals surface area contributed by atoms with Crippen LogP contribution in [0.5, 0.6) is 0 Å². The van der Waals surface area contributed by atoms with Crippen LogP contribution in [-0.4, -0.2) is 48.7 Å². The summed E-state index contributed by atoms with van der Waals surface area (Å²) in [6.45, 7) is 4.13. The molecule has 0 spiro atoms. The van der Waals surface area contributed by atoms with Crippen molar-refractivity contribution < 1.29 is 9.53 Å². The van der Waals surface area contributed by atoms with Crippen LogP contribution >= 0.6 is 0 Å². The molecule has 1 heterocycles. The molecule has 3 rings (SSSR count). The van der Waals surface area contributed by atoms with Crippen LogP contribution in [0.4, 0.5) is 0 Å². The van der Waals surface area contributed by atoms with E-state index in [4.69, 9.17) is 4.74 Å². The average molecular weight is 294 g/mol. The molecule has 4 heteroatoms. The summed E-state index contributed by atoms with van der Waals surface area (Å²) in [5.41, 5.74) is -0.431. The van der Waals surface area contributed by atoms with Crippen LogP contribution in [0.1, 0.15) is 58.3 Å². The fourth-order valence-electron chi connectivity index (χ4n) is 5.20. The van der Waals surface area contributed by atoms with Gasteiger partial charge in [-0.3, -0.25) is 9.69 Å². The minimum atomic E-state index is -0.431. The lowest BCUT2D eigenvalue weighted by atomic mass is 9.89. The van der Waals surface area contributed by atoms with Crippen molar-refractivity contribution in [2.24, 2.45) is 5.92 Å². The summed E-state index contributed by atoms with van der Waals surface area (Å²) in [6, 6.07) is 1.35. The zero-order valence-electron chi connectivity index (χ0n) is 13.6. The maximum atomic E-state index is 12.3. The summed E-state index contributed by atoms with van der Waals surface area (Å²) in [5.74, 6) is 0.859. The molecule has 0 aromatic carbocycles. The zero-order valence-corrected chi connectivity index (χ0v) is 13.6. The monoisotopic (exact) mass is 294 g/mol. The lowest BCUT2D eigenvalue weighted by Crippen LogP contribution is -2.53. The molecule has 4 atom stereocenters. The number of hydrogen-bond donors (Lipinski definition) is 1. The van der Waals surface area contributed by atoms with Gasteiger partial charge >= 0.3 is 5.97 Å². The van der Waals surface area contributed by atoms with Gasteiger partial charge in [-0.2, -0.15) is 0 Å². The van der Waals surface area contributed by atoms with Gasteiger partial charge in [-0.1, -0.05) is 13.3 Å². The lowest BCUT2D eigenvalue weighted by Gasteiger charge is -2.42. The molecule has 21 heavy (non-hydrogen) atoms. The number of esters is 1. The molecule has 1 N–H and O–H groups in total. The number of likely N-dealkylation sites (tertiary alicyclic amines) is 1. The van der Waals surface area contributed by atoms with E-state index < -0.39 is 5.54 Å². The molecular formula is C17H30N2O2. The summed E-state index contributed by atoms with van der Waals surface area (Å²) < 4.78 is 5.09. The number of hydrogen-bond acceptors (Lipinski definition) is 4. The third-order valence-electron chi connectivity index (χ3n) is 6.08. The Morgan fingerprint density at radius 3 is 2.86 bits per heavy atom. The van der Waals surface area contributed by atoms with Gasteiger partial charge < -0.3 is 10.1 Å². The first-order chi connectivity index (χ1) is 10.2. The van der Waals surface area contributed by atoms with Crippen molar-refractivity contribution in [2.75, 3.05) is 20.2 Å². The highest BCUT2D eigenvalue weighted by molar-refractivity contribution is 5.81. The predicted octanol–water partition coefficient (Wildman–Crippen LogP) is 2.32. The molecule has 0 bridgehead atoms. The predicted molar refractivity (Wildman–Crippen MR) is 83.1 cm³/mol. The molecule has 2 saturated carbocycles. The fourth-order valence-corrected chi connectivity index (χ4v) is 5.20. The molecule has 120 valence electrons. The molecule has 4 nitrogen and oxygen atoms in total. The third kappa shape index (κ3) is 2.72. The quantitative estimate of drug-likeness (QED) is 0.808. The normalized spacial score (nSPS) is 40.2. The summed E-state index contributed by atoms with van der Waals surface area (Å²) in [7, 11) is 1.52. The maximum Gasteiger partial charge on any atom is 0.326 e. The second kappa shape index (κ2) is 6.25. The number of nitrogens with one attached hydrogen (secondary N) is 1. The Hall–Kier alpha value is -0.610. The van der Waals surface area contributed by atoms with Gasteiger partial charge in [0, 0.05) is 12.1 Å². The maximum absolute atomic E-state index is 12.3. The summed E-state index contributed by atoms with van der Waals surface area (Å²) in [6.07, 6.45) is 9.92. The first-order valence-corrected chi connectivity index (χ1v) is 8.79. The van der Waals surface area contributed by atoms with Crippen LogP contribution in [0.25, 0.3) is 0 Å². The van der Waals surface area contributed by atoms with E-state index in [1.54, 1.807) is 0 Å². The molecule has 0 aromatic rings. The minimum absolute atomic E-state index is 0.0631. The van der Waals surface area contributed by atoms with Gasteiger partial charge in [0.1, 0.15) is 5.54 Å². The molecule has 3 aliphatic rings. The van der Waals surface area contributed by atoms with Gasteiger partial charge in [-0.15, -0.1) is 0 Å². The fraction of sp³-hybridized carbons (Fsp3) is 0.941. The number of rotatable bonds is 4. The number of ether oxygens (including phenoxy) is 1. The summed E-state index contributed by atoms with van der Waals surface area (Å²) in [4.78, 5) is 15.0. The van der Waals surface area contributed by atoms with Crippen LogP contribution in [0.2, 0.25) is 0 Å². The Balaban J connectivity index is 1.71. The van der Waals surface area contributed by atoms with E-state index in [1.165, 1.54) is 45.8 Å². The molecule has 0 aromatic heterocycles. The van der Waals surface area contributed by atoms with Gasteiger partial charge in [0.05, 0.1) is 7.11 Å². The highest BCUT2D eigenvalue weighted by Crippen LogP contribution is 2.42. The molecule has 3 fully saturated rings. The standard InChI is InChI=1S/C17H30N2O2/c1-3-18-17(16(20)21-2)10-9-14(12-17)19-11-5-7-13-6-4-8-15(13)19/h13-15,18H,3-12H2,1-2H3. The topological polar surface area (TPSA) is 41.6 Å². The molecule has 2 aliphatic carbocycles. The second-order valence-corrected chi connectivity index (χ2v) is 7.14. The van der Waals surface area contributed by atoms with E-state index in [1.807, 2.05) is 0 Å². The minimum Gasteiger partial charge on any atom is -0.468 e. The Morgan fingerprint density at radius 2 is 2.10 bits per heavy atom. The highest BCUT2D eigenvalue weighted by atomic mass is 16.5. The number of likely N-dealkylation sites (N-methyl/N-ethyl adjacent to an activating group) is 1. The largest absolute Gasteiger partial charge is 0.468 e. The van der Waals surface area contributed by atoms with Crippen LogP contribution in [0, 0.1) is 5.92 Å². The van der Waals surface area contributed by atoms with Crippen molar-refractivity contribution in [1.82, 2.24) is 10.2 Å². The smallest absolute Gasteiger partial charge is 0.326 e. The number of methoxy groups -OCH3 is 1. The lowest BCUT2D eigenvalue weighted by molar-refractivity contribution is -0.148. The molecule has 0 radical (unpaired) electrons. The molecule has 0 amide bonds. The Labute approximate surface area is 128 Å². The van der Waals surface area contributed by atoms with Gasteiger partial charge in [0.25, 0.3) is 0 Å². The molecular weight excluding hydrogens is 264 g/mol. The van der Waals surface area contributed by atoms with E-state index in [-0.39, 0.29) is 5.97 Å². The van der Waals surface area contributed by atoms with Gasteiger partial charge in [-0.05, 0) is 64.0 Å². The van der Waals surface area contributed by atoms with E-state index in [2.05, 4.69) is 17.1 Å². The third-order valence-corrected chi connectivity index (χ3v) is 6.08. The van der Waals surface area contributed by atoms with Crippen molar-refractivity contribution in [2.45, 2.75) is 75.9 Å². The summed E-state index contributed by atoms with van der Waals surface area (Å²) >= 11 is 0. The number of fused-ring (bicyclic) bond motifs is 1. The van der Waals surface area contributed by atoms with Crippen molar-refractivity contribution in [1.29, 1.82) is 0 Å². The van der Waals surface area contributed by atoms with Crippen molar-refractivity contribution in [3.63, 3.8) is 0 Å². The second-order valence-electron chi connectivity index (χ2n) is 7.14. The highest BCUT2D eigenvalue weighted by Gasteiger charge is 2.49. The first-order valence-electron chi connectivity index (χ1n) is 8.79. The molecule has 4 unspecified atom stereocenters. The van der Waals surface area contributed by atoms with Crippen LogP contribution in [-0.2, 0) is 9.53 Å². The van der Waals surface area contributed by atoms with Crippen molar-refractivity contribution in [3.05, 3.63) is 0 Å². The Morgan fingerprint density at radius 1 is 1.29 bits per heavy atom. The van der Waals surface area contributed by atoms with Gasteiger partial charge in [-0.25, -0.2) is 0 Å². The van der Waals surface area contributed by atoms with E-state index in [0.717, 1.165) is 37.8 Å². The van der Waals surface area contributed by atoms with Gasteiger partial charge in [0.2, 0.25) is 0 Å². The molecule has 1 saturated heterocycles. The Bertz CT molecular complexity index is 387. The zero-order chi connectivity index (χ0) is 14.9. The number of carbonyl (C=O) groups excluding carboxylic acids is 1. The van der Waals surface area contributed by atoms with E-state index in [0.29, 0.717) is 6.04 Å². The Kier molecular flexibility index (Phi) is 4.55. The van der Waals surface area contributed by atoms with Gasteiger partial charge in [0.15, 0.2) is 0 Å². The van der Waals surface area contributed by atoms with Crippen molar-refractivity contribution in [3.8, 4) is 0 Å².